The van der Waals surface area contributed by atoms with Gasteiger partial charge in [0.25, 0.3) is 5.91 Å². The van der Waals surface area contributed by atoms with Crippen LogP contribution in [0.4, 0.5) is 4.39 Å². The normalized spacial score (nSPS) is 9.64. The standard InChI is InChI=1S/C9H10FNO3/c1-13-5-3-6(10)8(9(11)12)7(4-5)14-2/h3-4H,1-2H3,(H2,11,12). The molecule has 0 unspecified atom stereocenters. The molecular weight excluding hydrogens is 189 g/mol. The van der Waals surface area contributed by atoms with Crippen LogP contribution in [0.3, 0.4) is 0 Å². The van der Waals surface area contributed by atoms with Crippen molar-refractivity contribution in [1.82, 2.24) is 0 Å². The van der Waals surface area contributed by atoms with Gasteiger partial charge < -0.3 is 15.2 Å². The van der Waals surface area contributed by atoms with Crippen molar-refractivity contribution < 1.29 is 18.7 Å². The Balaban J connectivity index is 3.34. The van der Waals surface area contributed by atoms with E-state index < -0.39 is 11.7 Å². The Morgan fingerprint density at radius 1 is 1.36 bits per heavy atom. The fraction of sp³-hybridized carbons (Fsp3) is 0.222. The first kappa shape index (κ1) is 10.3. The Kier molecular flexibility index (Phi) is 2.91. The molecule has 0 saturated heterocycles. The van der Waals surface area contributed by atoms with Crippen molar-refractivity contribution in [3.63, 3.8) is 0 Å². The summed E-state index contributed by atoms with van der Waals surface area (Å²) < 4.78 is 22.9. The first-order valence-electron chi connectivity index (χ1n) is 3.81. The maximum Gasteiger partial charge on any atom is 0.255 e. The van der Waals surface area contributed by atoms with Crippen molar-refractivity contribution in [2.75, 3.05) is 14.2 Å². The average Bonchev–Trinajstić information content (AvgIpc) is 2.15. The van der Waals surface area contributed by atoms with E-state index in [9.17, 15) is 9.18 Å². The Morgan fingerprint density at radius 3 is 2.43 bits per heavy atom. The molecule has 0 bridgehead atoms. The predicted molar refractivity (Wildman–Crippen MR) is 48.0 cm³/mol. The second-order valence-electron chi connectivity index (χ2n) is 2.55. The molecule has 14 heavy (non-hydrogen) atoms. The molecule has 1 aromatic rings. The number of benzene rings is 1. The van der Waals surface area contributed by atoms with Crippen LogP contribution in [0.1, 0.15) is 10.4 Å². The van der Waals surface area contributed by atoms with E-state index in [1.165, 1.54) is 20.3 Å². The van der Waals surface area contributed by atoms with E-state index in [2.05, 4.69) is 0 Å². The zero-order chi connectivity index (χ0) is 10.7. The summed E-state index contributed by atoms with van der Waals surface area (Å²) >= 11 is 0. The zero-order valence-electron chi connectivity index (χ0n) is 7.83. The summed E-state index contributed by atoms with van der Waals surface area (Å²) in [6.45, 7) is 0. The lowest BCUT2D eigenvalue weighted by Gasteiger charge is -2.08. The molecule has 0 aliphatic carbocycles. The van der Waals surface area contributed by atoms with E-state index >= 15 is 0 Å². The van der Waals surface area contributed by atoms with Crippen LogP contribution in [0.25, 0.3) is 0 Å². The number of carbonyl (C=O) groups is 1. The molecule has 0 spiro atoms. The van der Waals surface area contributed by atoms with Gasteiger partial charge in [-0.15, -0.1) is 0 Å². The van der Waals surface area contributed by atoms with Crippen molar-refractivity contribution in [2.24, 2.45) is 5.73 Å². The third-order valence-electron chi connectivity index (χ3n) is 1.73. The molecule has 0 heterocycles. The third-order valence-corrected chi connectivity index (χ3v) is 1.73. The zero-order valence-corrected chi connectivity index (χ0v) is 7.83. The highest BCUT2D eigenvalue weighted by molar-refractivity contribution is 5.96. The summed E-state index contributed by atoms with van der Waals surface area (Å²) in [5, 5.41) is 0. The summed E-state index contributed by atoms with van der Waals surface area (Å²) in [6, 6.07) is 2.46. The van der Waals surface area contributed by atoms with Crippen molar-refractivity contribution in [2.45, 2.75) is 0 Å². The number of amides is 1. The van der Waals surface area contributed by atoms with Crippen molar-refractivity contribution >= 4 is 5.91 Å². The fourth-order valence-corrected chi connectivity index (χ4v) is 1.08. The fourth-order valence-electron chi connectivity index (χ4n) is 1.08. The largest absolute Gasteiger partial charge is 0.497 e. The van der Waals surface area contributed by atoms with E-state index in [0.717, 1.165) is 6.07 Å². The smallest absolute Gasteiger partial charge is 0.255 e. The van der Waals surface area contributed by atoms with Crippen LogP contribution in [0.5, 0.6) is 11.5 Å². The molecule has 1 amide bonds. The van der Waals surface area contributed by atoms with Crippen LogP contribution in [0.15, 0.2) is 12.1 Å². The molecule has 0 radical (unpaired) electrons. The minimum absolute atomic E-state index is 0.0642. The van der Waals surface area contributed by atoms with Crippen molar-refractivity contribution in [3.05, 3.63) is 23.5 Å². The Morgan fingerprint density at radius 2 is 2.00 bits per heavy atom. The lowest BCUT2D eigenvalue weighted by molar-refractivity contribution is 0.0993. The van der Waals surface area contributed by atoms with Crippen molar-refractivity contribution in [3.8, 4) is 11.5 Å². The number of nitrogens with two attached hydrogens (primary N) is 1. The average molecular weight is 199 g/mol. The molecule has 0 aliphatic heterocycles. The number of hydrogen-bond donors (Lipinski definition) is 1. The minimum Gasteiger partial charge on any atom is -0.497 e. The molecule has 0 fully saturated rings. The number of halogens is 1. The van der Waals surface area contributed by atoms with Gasteiger partial charge in [0.1, 0.15) is 22.9 Å². The van der Waals surface area contributed by atoms with Gasteiger partial charge in [0.15, 0.2) is 0 Å². The van der Waals surface area contributed by atoms with Crippen LogP contribution in [0.2, 0.25) is 0 Å². The lowest BCUT2D eigenvalue weighted by Crippen LogP contribution is -2.14. The second kappa shape index (κ2) is 3.95. The number of hydrogen-bond acceptors (Lipinski definition) is 3. The van der Waals surface area contributed by atoms with Gasteiger partial charge in [0, 0.05) is 12.1 Å². The van der Waals surface area contributed by atoms with Gasteiger partial charge >= 0.3 is 0 Å². The quantitative estimate of drug-likeness (QED) is 0.788. The van der Waals surface area contributed by atoms with Gasteiger partial charge in [-0.2, -0.15) is 0 Å². The molecule has 76 valence electrons. The summed E-state index contributed by atoms with van der Waals surface area (Å²) in [7, 11) is 2.71. The number of methoxy groups -OCH3 is 2. The van der Waals surface area contributed by atoms with Crippen LogP contribution >= 0.6 is 0 Å². The third kappa shape index (κ3) is 1.76. The van der Waals surface area contributed by atoms with Crippen LogP contribution < -0.4 is 15.2 Å². The van der Waals surface area contributed by atoms with Gasteiger partial charge in [-0.25, -0.2) is 4.39 Å². The minimum atomic E-state index is -0.873. The highest BCUT2D eigenvalue weighted by Gasteiger charge is 2.16. The van der Waals surface area contributed by atoms with Crippen molar-refractivity contribution in [1.29, 1.82) is 0 Å². The molecule has 0 aromatic heterocycles. The summed E-state index contributed by atoms with van der Waals surface area (Å²) in [5.74, 6) is -1.30. The molecule has 2 N–H and O–H groups in total. The molecule has 0 atom stereocenters. The first-order chi connectivity index (χ1) is 6.60. The van der Waals surface area contributed by atoms with Gasteiger partial charge in [0.2, 0.25) is 0 Å². The van der Waals surface area contributed by atoms with E-state index in [1.807, 2.05) is 0 Å². The summed E-state index contributed by atoms with van der Waals surface area (Å²) in [5.41, 5.74) is 4.71. The Hall–Kier alpha value is -1.78. The lowest BCUT2D eigenvalue weighted by atomic mass is 10.1. The highest BCUT2D eigenvalue weighted by atomic mass is 19.1. The summed E-state index contributed by atoms with van der Waals surface area (Å²) in [6.07, 6.45) is 0. The van der Waals surface area contributed by atoms with E-state index in [-0.39, 0.29) is 17.1 Å². The van der Waals surface area contributed by atoms with Crippen LogP contribution in [-0.4, -0.2) is 20.1 Å². The molecular formula is C9H10FNO3. The van der Waals surface area contributed by atoms with Gasteiger partial charge in [-0.1, -0.05) is 0 Å². The topological polar surface area (TPSA) is 61.5 Å². The number of ether oxygens (including phenoxy) is 2. The number of rotatable bonds is 3. The van der Waals surface area contributed by atoms with Gasteiger partial charge in [-0.05, 0) is 0 Å². The maximum atomic E-state index is 13.3. The van der Waals surface area contributed by atoms with Crippen LogP contribution in [-0.2, 0) is 0 Å². The molecule has 0 saturated carbocycles. The predicted octanol–water partition coefficient (Wildman–Crippen LogP) is 0.942. The number of primary amides is 1. The Bertz CT molecular complexity index is 365. The van der Waals surface area contributed by atoms with Gasteiger partial charge in [0.05, 0.1) is 14.2 Å². The summed E-state index contributed by atoms with van der Waals surface area (Å²) in [4.78, 5) is 10.9. The Labute approximate surface area is 80.4 Å². The highest BCUT2D eigenvalue weighted by Crippen LogP contribution is 2.27. The van der Waals surface area contributed by atoms with E-state index in [1.54, 1.807) is 0 Å². The maximum absolute atomic E-state index is 13.3. The molecule has 0 aliphatic rings. The first-order valence-corrected chi connectivity index (χ1v) is 3.81. The number of carbonyl (C=O) groups excluding carboxylic acids is 1. The van der Waals surface area contributed by atoms with E-state index in [0.29, 0.717) is 0 Å². The monoisotopic (exact) mass is 199 g/mol. The molecule has 4 nitrogen and oxygen atoms in total. The molecule has 1 aromatic carbocycles. The van der Waals surface area contributed by atoms with E-state index in [4.69, 9.17) is 15.2 Å². The van der Waals surface area contributed by atoms with Crippen LogP contribution in [0, 0.1) is 5.82 Å². The molecule has 1 rings (SSSR count). The second-order valence-corrected chi connectivity index (χ2v) is 2.55. The van der Waals surface area contributed by atoms with Gasteiger partial charge in [-0.3, -0.25) is 4.79 Å². The molecule has 5 heteroatoms. The SMILES string of the molecule is COc1cc(F)c(C(N)=O)c(OC)c1.